The van der Waals surface area contributed by atoms with Crippen LogP contribution in [0.15, 0.2) is 35.2 Å². The van der Waals surface area contributed by atoms with Crippen LogP contribution in [0.4, 0.5) is 0 Å². The fraction of sp³-hybridized carbons (Fsp3) is 0.462. The van der Waals surface area contributed by atoms with Gasteiger partial charge in [-0.3, -0.25) is 9.59 Å². The number of thiophene rings is 1. The first kappa shape index (κ1) is 23.5. The van der Waals surface area contributed by atoms with E-state index in [9.17, 15) is 14.7 Å². The van der Waals surface area contributed by atoms with Crippen molar-refractivity contribution in [3.63, 3.8) is 0 Å². The Morgan fingerprint density at radius 1 is 1.24 bits per heavy atom. The van der Waals surface area contributed by atoms with E-state index < -0.39 is 17.7 Å². The highest BCUT2D eigenvalue weighted by atomic mass is 32.1. The minimum atomic E-state index is -0.652. The van der Waals surface area contributed by atoms with Crippen molar-refractivity contribution < 1.29 is 24.2 Å². The summed E-state index contributed by atoms with van der Waals surface area (Å²) < 4.78 is 11.6. The third-order valence-corrected chi connectivity index (χ3v) is 7.21. The number of ketones is 1. The van der Waals surface area contributed by atoms with Crippen molar-refractivity contribution in [1.82, 2.24) is 4.90 Å². The highest BCUT2D eigenvalue weighted by Gasteiger charge is 2.48. The Hall–Kier alpha value is -2.64. The summed E-state index contributed by atoms with van der Waals surface area (Å²) in [7, 11) is 0. The number of aliphatic hydroxyl groups excluding tert-OH is 1. The second-order valence-corrected chi connectivity index (χ2v) is 10.2. The summed E-state index contributed by atoms with van der Waals surface area (Å²) >= 11 is 1.49. The van der Waals surface area contributed by atoms with Crippen LogP contribution in [0, 0.1) is 19.8 Å². The van der Waals surface area contributed by atoms with Crippen LogP contribution in [-0.4, -0.2) is 47.6 Å². The summed E-state index contributed by atoms with van der Waals surface area (Å²) in [6.07, 6.45) is 1.71. The number of hydrogen-bond acceptors (Lipinski definition) is 6. The van der Waals surface area contributed by atoms with Gasteiger partial charge >= 0.3 is 0 Å². The molecule has 1 N–H and O–H groups in total. The molecule has 0 bridgehead atoms. The number of carbonyl (C=O) groups excluding carboxylic acids is 2. The lowest BCUT2D eigenvalue weighted by Gasteiger charge is -2.27. The fourth-order valence-corrected chi connectivity index (χ4v) is 5.43. The average Bonchev–Trinajstić information content (AvgIpc) is 3.49. The maximum Gasteiger partial charge on any atom is 0.295 e. The Bertz CT molecular complexity index is 1080. The van der Waals surface area contributed by atoms with Crippen LogP contribution >= 0.6 is 11.3 Å². The van der Waals surface area contributed by atoms with Crippen LogP contribution < -0.4 is 4.74 Å². The number of nitrogens with zero attached hydrogens (tertiary/aromatic N) is 1. The Labute approximate surface area is 198 Å². The molecule has 2 aliphatic rings. The van der Waals surface area contributed by atoms with Gasteiger partial charge in [-0.25, -0.2) is 0 Å². The summed E-state index contributed by atoms with van der Waals surface area (Å²) in [4.78, 5) is 28.7. The van der Waals surface area contributed by atoms with E-state index in [2.05, 4.69) is 13.8 Å². The van der Waals surface area contributed by atoms with Crippen molar-refractivity contribution in [2.75, 3.05) is 19.8 Å². The highest BCUT2D eigenvalue weighted by molar-refractivity contribution is 7.10. The number of benzene rings is 1. The Morgan fingerprint density at radius 3 is 2.64 bits per heavy atom. The smallest absolute Gasteiger partial charge is 0.295 e. The molecule has 0 radical (unpaired) electrons. The lowest BCUT2D eigenvalue weighted by Crippen LogP contribution is -2.36. The van der Waals surface area contributed by atoms with E-state index in [0.717, 1.165) is 34.6 Å². The number of carbonyl (C=O) groups is 2. The maximum atomic E-state index is 13.2. The molecule has 2 aliphatic heterocycles. The third kappa shape index (κ3) is 4.70. The number of Topliss-reactive ketones (excluding diaryl/α,β-unsaturated/α-hetero) is 1. The van der Waals surface area contributed by atoms with E-state index in [1.807, 2.05) is 25.3 Å². The number of amides is 1. The molecular formula is C26H31NO5S. The number of rotatable bonds is 7. The van der Waals surface area contributed by atoms with E-state index in [1.54, 1.807) is 23.1 Å². The molecule has 1 aromatic carbocycles. The molecule has 1 amide bonds. The van der Waals surface area contributed by atoms with Gasteiger partial charge in [0.2, 0.25) is 0 Å². The number of ether oxygens (including phenoxy) is 2. The van der Waals surface area contributed by atoms with Crippen molar-refractivity contribution in [2.45, 2.75) is 52.7 Å². The normalized spacial score (nSPS) is 22.5. The molecule has 2 unspecified atom stereocenters. The first-order chi connectivity index (χ1) is 15.8. The van der Waals surface area contributed by atoms with Gasteiger partial charge in [-0.2, -0.15) is 0 Å². The van der Waals surface area contributed by atoms with Gasteiger partial charge in [0, 0.05) is 23.6 Å². The number of aliphatic hydroxyl groups is 1. The number of aryl methyl sites for hydroxylation is 2. The summed E-state index contributed by atoms with van der Waals surface area (Å²) in [6, 6.07) is 6.70. The predicted octanol–water partition coefficient (Wildman–Crippen LogP) is 5.00. The van der Waals surface area contributed by atoms with Crippen molar-refractivity contribution in [2.24, 2.45) is 5.92 Å². The molecule has 1 aromatic heterocycles. The van der Waals surface area contributed by atoms with Gasteiger partial charge in [0.25, 0.3) is 11.7 Å². The predicted molar refractivity (Wildman–Crippen MR) is 129 cm³/mol. The average molecular weight is 470 g/mol. The lowest BCUT2D eigenvalue weighted by atomic mass is 9.97. The zero-order chi connectivity index (χ0) is 23.7. The minimum absolute atomic E-state index is 0.0920. The van der Waals surface area contributed by atoms with Crippen molar-refractivity contribution in [3.8, 4) is 5.75 Å². The van der Waals surface area contributed by atoms with E-state index in [-0.39, 0.29) is 17.4 Å². The largest absolute Gasteiger partial charge is 0.507 e. The van der Waals surface area contributed by atoms with Gasteiger partial charge in [-0.1, -0.05) is 13.8 Å². The SMILES string of the molecule is Cc1cc(/C(O)=C2/C(=O)C(=O)N(CC3CCCO3)C2c2sccc2C)ccc1OCC(C)C. The topological polar surface area (TPSA) is 76.1 Å². The van der Waals surface area contributed by atoms with Crippen LogP contribution in [0.1, 0.15) is 54.3 Å². The monoisotopic (exact) mass is 469 g/mol. The fourth-order valence-electron chi connectivity index (χ4n) is 4.38. The van der Waals surface area contributed by atoms with Gasteiger partial charge in [-0.05, 0) is 73.4 Å². The van der Waals surface area contributed by atoms with Crippen molar-refractivity contribution in [3.05, 3.63) is 56.8 Å². The highest BCUT2D eigenvalue weighted by Crippen LogP contribution is 2.43. The van der Waals surface area contributed by atoms with E-state index in [0.29, 0.717) is 31.2 Å². The minimum Gasteiger partial charge on any atom is -0.507 e. The van der Waals surface area contributed by atoms with Crippen LogP contribution in [-0.2, 0) is 14.3 Å². The molecule has 176 valence electrons. The standard InChI is InChI=1S/C26H31NO5S/c1-15(2)14-32-20-8-7-18(12-17(20)4)23(28)21-22(25-16(3)9-11-33-25)27(26(30)24(21)29)13-19-6-5-10-31-19/h7-9,11-12,15,19,22,28H,5-6,10,13-14H2,1-4H3/b23-21-. The van der Waals surface area contributed by atoms with Crippen LogP contribution in [0.3, 0.4) is 0 Å². The van der Waals surface area contributed by atoms with E-state index >= 15 is 0 Å². The molecule has 33 heavy (non-hydrogen) atoms. The molecule has 0 saturated carbocycles. The van der Waals surface area contributed by atoms with Gasteiger partial charge in [0.05, 0.1) is 24.3 Å². The molecule has 2 aromatic rings. The van der Waals surface area contributed by atoms with Gasteiger partial charge < -0.3 is 19.5 Å². The van der Waals surface area contributed by atoms with Gasteiger partial charge in [0.1, 0.15) is 11.5 Å². The van der Waals surface area contributed by atoms with E-state index in [1.165, 1.54) is 11.3 Å². The maximum absolute atomic E-state index is 13.2. The molecule has 0 spiro atoms. The van der Waals surface area contributed by atoms with Crippen molar-refractivity contribution >= 4 is 28.8 Å². The summed E-state index contributed by atoms with van der Waals surface area (Å²) in [5, 5.41) is 13.2. The van der Waals surface area contributed by atoms with Gasteiger partial charge in [-0.15, -0.1) is 11.3 Å². The summed E-state index contributed by atoms with van der Waals surface area (Å²) in [6.45, 7) is 9.63. The summed E-state index contributed by atoms with van der Waals surface area (Å²) in [5.41, 5.74) is 2.48. The molecule has 3 heterocycles. The molecule has 2 saturated heterocycles. The molecular weight excluding hydrogens is 438 g/mol. The van der Waals surface area contributed by atoms with Gasteiger partial charge in [0.15, 0.2) is 0 Å². The molecule has 0 aliphatic carbocycles. The van der Waals surface area contributed by atoms with Crippen LogP contribution in [0.5, 0.6) is 5.75 Å². The zero-order valence-corrected chi connectivity index (χ0v) is 20.4. The molecule has 2 atom stereocenters. The molecule has 4 rings (SSSR count). The van der Waals surface area contributed by atoms with E-state index in [4.69, 9.17) is 9.47 Å². The van der Waals surface area contributed by atoms with Crippen LogP contribution in [0.2, 0.25) is 0 Å². The Kier molecular flexibility index (Phi) is 6.91. The first-order valence-corrected chi connectivity index (χ1v) is 12.3. The Morgan fingerprint density at radius 2 is 2.03 bits per heavy atom. The Balaban J connectivity index is 1.74. The second kappa shape index (κ2) is 9.69. The number of likely N-dealkylation sites (tertiary alicyclic amines) is 1. The molecule has 7 heteroatoms. The zero-order valence-electron chi connectivity index (χ0n) is 19.6. The summed E-state index contributed by atoms with van der Waals surface area (Å²) in [5.74, 6) is -0.255. The number of hydrogen-bond donors (Lipinski definition) is 1. The quantitative estimate of drug-likeness (QED) is 0.351. The molecule has 6 nitrogen and oxygen atoms in total. The second-order valence-electron chi connectivity index (χ2n) is 9.24. The molecule has 2 fully saturated rings. The lowest BCUT2D eigenvalue weighted by molar-refractivity contribution is -0.140. The third-order valence-electron chi connectivity index (χ3n) is 6.13. The first-order valence-electron chi connectivity index (χ1n) is 11.5. The van der Waals surface area contributed by atoms with Crippen LogP contribution in [0.25, 0.3) is 5.76 Å². The van der Waals surface area contributed by atoms with Crippen molar-refractivity contribution in [1.29, 1.82) is 0 Å².